The molecule has 13 heteroatoms. The van der Waals surface area contributed by atoms with Crippen LogP contribution in [-0.2, 0) is 0 Å². The summed E-state index contributed by atoms with van der Waals surface area (Å²) in [5, 5.41) is 4.98. The number of hydrogen-bond donors (Lipinski definition) is 0. The highest BCUT2D eigenvalue weighted by atomic mass is 32.3. The molecule has 0 aliphatic carbocycles. The Morgan fingerprint density at radius 2 is 0.671 bits per heavy atom. The number of fused-ring (bicyclic) bond motifs is 6. The fourth-order valence-electron chi connectivity index (χ4n) is 13.3. The van der Waals surface area contributed by atoms with Gasteiger partial charge in [-0.15, -0.1) is 31.9 Å². The first-order chi connectivity index (χ1) is 38.4. The molecule has 0 fully saturated rings. The highest BCUT2D eigenvalue weighted by molar-refractivity contribution is 8.34. The summed E-state index contributed by atoms with van der Waals surface area (Å²) in [5.74, 6) is 0. The Hall–Kier alpha value is -7.98. The molecule has 2 nitrogen and oxygen atoms in total. The first-order valence-electron chi connectivity index (χ1n) is 27.8. The lowest BCUT2D eigenvalue weighted by atomic mass is 9.59. The Labute approximate surface area is 475 Å². The van der Waals surface area contributed by atoms with Crippen molar-refractivity contribution in [2.75, 3.05) is 0 Å². The number of para-hydroxylation sites is 2. The van der Waals surface area contributed by atoms with Crippen molar-refractivity contribution in [3.63, 3.8) is 0 Å². The molecule has 0 amide bonds. The van der Waals surface area contributed by atoms with E-state index in [1.165, 1.54) is 163 Å². The van der Waals surface area contributed by atoms with Crippen molar-refractivity contribution in [1.29, 1.82) is 0 Å². The van der Waals surface area contributed by atoms with Crippen LogP contribution < -0.4 is 54.6 Å². The molecule has 0 bridgehead atoms. The molecule has 0 radical (unpaired) electrons. The van der Waals surface area contributed by atoms with Gasteiger partial charge >= 0.3 is 0 Å². The summed E-state index contributed by atoms with van der Waals surface area (Å²) >= 11 is 0. The van der Waals surface area contributed by atoms with Gasteiger partial charge in [0, 0.05) is 57.9 Å². The monoisotopic (exact) mass is 1020 g/mol. The molecule has 0 N–H and O–H groups in total. The Morgan fingerprint density at radius 1 is 0.253 bits per heavy atom. The van der Waals surface area contributed by atoms with Gasteiger partial charge in [-0.3, -0.25) is 0 Å². The third kappa shape index (κ3) is 7.71. The molecule has 0 unspecified atom stereocenters. The van der Waals surface area contributed by atoms with Crippen molar-refractivity contribution in [2.24, 2.45) is 0 Å². The van der Waals surface area contributed by atoms with E-state index in [0.29, 0.717) is 0 Å². The van der Waals surface area contributed by atoms with Crippen molar-refractivity contribution < 1.29 is 0 Å². The van der Waals surface area contributed by atoms with Crippen LogP contribution in [0.4, 0.5) is 0 Å². The molecular formula is C66H56B10N2S. The number of benzene rings is 11. The third-order valence-corrected chi connectivity index (χ3v) is 22.1. The summed E-state index contributed by atoms with van der Waals surface area (Å²) in [5.41, 5.74) is 28.0. The van der Waals surface area contributed by atoms with Crippen molar-refractivity contribution in [3.8, 4) is 44.8 Å². The van der Waals surface area contributed by atoms with Crippen LogP contribution in [0.15, 0.2) is 238 Å². The minimum absolute atomic E-state index is 1.17. The maximum Gasteiger partial charge on any atom is 0.141 e. The third-order valence-electron chi connectivity index (χ3n) is 18.2. The topological polar surface area (TPSA) is 9.86 Å². The summed E-state index contributed by atoms with van der Waals surface area (Å²) in [6, 6.07) is 82.6. The van der Waals surface area contributed by atoms with Crippen LogP contribution in [0.3, 0.4) is 0 Å². The fourth-order valence-corrected chi connectivity index (χ4v) is 17.3. The molecule has 0 saturated heterocycles. The first-order valence-corrected chi connectivity index (χ1v) is 29.5. The largest absolute Gasteiger partial charge is 0.310 e. The van der Waals surface area contributed by atoms with Crippen LogP contribution in [0.25, 0.3) is 88.4 Å². The lowest BCUT2D eigenvalue weighted by molar-refractivity contribution is 1.17. The molecule has 79 heavy (non-hydrogen) atoms. The molecule has 0 spiro atoms. The Kier molecular flexibility index (Phi) is 12.6. The van der Waals surface area contributed by atoms with E-state index < -0.39 is 10.0 Å². The van der Waals surface area contributed by atoms with Gasteiger partial charge < -0.3 is 9.13 Å². The molecule has 366 valence electrons. The minimum Gasteiger partial charge on any atom is -0.310 e. The predicted molar refractivity (Wildman–Crippen MR) is 373 cm³/mol. The Balaban J connectivity index is 1.16. The second kappa shape index (κ2) is 19.7. The van der Waals surface area contributed by atoms with Gasteiger partial charge in [0.25, 0.3) is 0 Å². The summed E-state index contributed by atoms with van der Waals surface area (Å²) in [6.07, 6.45) is 0. The smallest absolute Gasteiger partial charge is 0.141 e. The molecule has 0 aliphatic heterocycles. The van der Waals surface area contributed by atoms with E-state index in [1.807, 2.05) is 0 Å². The van der Waals surface area contributed by atoms with Gasteiger partial charge in [-0.1, -0.05) is 172 Å². The number of nitrogens with zero attached hydrogens (tertiary/aromatic N) is 2. The van der Waals surface area contributed by atoms with Crippen LogP contribution in [0, 0.1) is 0 Å². The van der Waals surface area contributed by atoms with E-state index in [4.69, 9.17) is 0 Å². The van der Waals surface area contributed by atoms with Gasteiger partial charge in [-0.25, -0.2) is 0 Å². The summed E-state index contributed by atoms with van der Waals surface area (Å²) < 4.78 is 5.16. The molecule has 0 atom stereocenters. The van der Waals surface area contributed by atoms with E-state index in [0.717, 1.165) is 0 Å². The van der Waals surface area contributed by atoms with Crippen molar-refractivity contribution in [2.45, 2.75) is 19.6 Å². The summed E-state index contributed by atoms with van der Waals surface area (Å²) in [7, 11) is 21.0. The van der Waals surface area contributed by atoms with Gasteiger partial charge in [0.2, 0.25) is 0 Å². The van der Waals surface area contributed by atoms with E-state index in [-0.39, 0.29) is 0 Å². The quantitative estimate of drug-likeness (QED) is 0.190. The zero-order valence-corrected chi connectivity index (χ0v) is 47.9. The maximum atomic E-state index is 2.62. The normalized spacial score (nSPS) is 12.0. The molecule has 13 rings (SSSR count). The highest BCUT2D eigenvalue weighted by Gasteiger charge is 2.36. The molecule has 13 aromatic rings. The molecule has 2 heterocycles. The van der Waals surface area contributed by atoms with Gasteiger partial charge in [-0.05, 0) is 101 Å². The standard InChI is InChI=1S/C66H56B10N2S/c67-55-54(56(68)58(70)59(71)57(55)69)48-36-42(79(39-20-7-2-8-21-39,40-22-9-3-10-23-40)41-24-11-4-12-25-41)35-46(37-18-5-1-6-19-37)65(48)77-49-29-15-13-26-44(49)47-34-38(32-33-51(47)77)43-28-17-31-52-53(43)45-27-14-16-30-50(45)78(52)66-63(75)61(73)60(72)62(74)64(66)76/h1-36H,67-76H2. The summed E-state index contributed by atoms with van der Waals surface area (Å²) in [6.45, 7) is 0. The van der Waals surface area contributed by atoms with E-state index >= 15 is 0 Å². The van der Waals surface area contributed by atoms with Crippen LogP contribution in [0.1, 0.15) is 0 Å². The lowest BCUT2D eigenvalue weighted by Gasteiger charge is -2.43. The Morgan fingerprint density at radius 3 is 1.23 bits per heavy atom. The van der Waals surface area contributed by atoms with Gasteiger partial charge in [0.1, 0.15) is 78.5 Å². The average molecular weight is 1020 g/mol. The zero-order chi connectivity index (χ0) is 54.4. The summed E-state index contributed by atoms with van der Waals surface area (Å²) in [4.78, 5) is 5.19. The first kappa shape index (κ1) is 50.5. The molecule has 11 aromatic carbocycles. The van der Waals surface area contributed by atoms with Gasteiger partial charge in [0.15, 0.2) is 0 Å². The second-order valence-corrected chi connectivity index (χ2v) is 25.0. The van der Waals surface area contributed by atoms with Crippen LogP contribution in [0.2, 0.25) is 0 Å². The number of aromatic nitrogens is 2. The second-order valence-electron chi connectivity index (χ2n) is 21.9. The SMILES string of the molecule is Bc1c(B)c(B)c(-c2cc(S(c3ccccc3)(c3ccccc3)c3ccccc3)cc(-c3ccccc3)c2-n2c3ccccc3c3cc(-c4cccc5c4c4ccccc4n5-c4c(B)c(B)c(B)c(B)c4B)ccc32)c(B)c1B. The Bertz CT molecular complexity index is 4450. The molecular weight excluding hydrogens is 961 g/mol. The average Bonchev–Trinajstić information content (AvgIpc) is 4.17. The minimum atomic E-state index is -2.11. The number of rotatable bonds is 9. The van der Waals surface area contributed by atoms with E-state index in [1.54, 1.807) is 0 Å². The van der Waals surface area contributed by atoms with Crippen molar-refractivity contribution >= 4 is 187 Å². The predicted octanol–water partition coefficient (Wildman–Crippen LogP) is 0.807. The van der Waals surface area contributed by atoms with Gasteiger partial charge in [0.05, 0.1) is 27.8 Å². The van der Waals surface area contributed by atoms with Gasteiger partial charge in [-0.2, -0.15) is 0 Å². The molecule has 2 aromatic heterocycles. The van der Waals surface area contributed by atoms with Crippen LogP contribution >= 0.6 is 10.0 Å². The van der Waals surface area contributed by atoms with Crippen molar-refractivity contribution in [1.82, 2.24) is 9.13 Å². The van der Waals surface area contributed by atoms with E-state index in [2.05, 4.69) is 306 Å². The number of hydrogen-bond acceptors (Lipinski definition) is 0. The molecule has 0 saturated carbocycles. The lowest BCUT2D eigenvalue weighted by Crippen LogP contribution is -2.56. The fraction of sp³-hybridized carbons (Fsp3) is 0. The zero-order valence-electron chi connectivity index (χ0n) is 47.1. The van der Waals surface area contributed by atoms with E-state index in [9.17, 15) is 0 Å². The maximum absolute atomic E-state index is 2.62. The van der Waals surface area contributed by atoms with Crippen LogP contribution in [0.5, 0.6) is 0 Å². The highest BCUT2D eigenvalue weighted by Crippen LogP contribution is 2.74. The van der Waals surface area contributed by atoms with Crippen molar-refractivity contribution in [3.05, 3.63) is 218 Å². The molecule has 0 aliphatic rings. The van der Waals surface area contributed by atoms with Crippen LogP contribution in [-0.4, -0.2) is 87.6 Å².